The lowest BCUT2D eigenvalue weighted by molar-refractivity contribution is 0.0992. The van der Waals surface area contributed by atoms with Gasteiger partial charge in [0.1, 0.15) is 5.00 Å². The van der Waals surface area contributed by atoms with Crippen molar-refractivity contribution in [2.45, 2.75) is 39.2 Å². The van der Waals surface area contributed by atoms with Gasteiger partial charge in [0, 0.05) is 12.5 Å². The molecule has 2 atom stereocenters. The first kappa shape index (κ1) is 13.2. The van der Waals surface area contributed by atoms with Gasteiger partial charge in [0.15, 0.2) is 11.5 Å². The predicted molar refractivity (Wildman–Crippen MR) is 75.7 cm³/mol. The maximum atomic E-state index is 11.8. The summed E-state index contributed by atoms with van der Waals surface area (Å²) in [5.41, 5.74) is 6.46. The van der Waals surface area contributed by atoms with Crippen molar-refractivity contribution >= 4 is 27.8 Å². The third-order valence-corrected chi connectivity index (χ3v) is 4.60. The maximum Gasteiger partial charge on any atom is 0.176 e. The molecule has 1 aliphatic rings. The number of carbonyl (C=O) groups is 1. The molecule has 2 unspecified atom stereocenters. The number of nitrogen functional groups attached to an aromatic ring is 1. The molecule has 1 aliphatic carbocycles. The van der Waals surface area contributed by atoms with E-state index in [-0.39, 0.29) is 5.78 Å². The van der Waals surface area contributed by atoms with Crippen LogP contribution in [0.5, 0.6) is 5.75 Å². The van der Waals surface area contributed by atoms with Gasteiger partial charge in [-0.05, 0) is 12.3 Å². The van der Waals surface area contributed by atoms with E-state index in [4.69, 9.17) is 10.5 Å². The van der Waals surface area contributed by atoms with E-state index >= 15 is 0 Å². The van der Waals surface area contributed by atoms with Crippen LogP contribution in [0.25, 0.3) is 0 Å². The van der Waals surface area contributed by atoms with Gasteiger partial charge in [-0.3, -0.25) is 4.79 Å². The van der Waals surface area contributed by atoms with Gasteiger partial charge in [-0.15, -0.1) is 11.3 Å². The van der Waals surface area contributed by atoms with Gasteiger partial charge >= 0.3 is 0 Å². The lowest BCUT2D eigenvalue weighted by atomic mass is 10.2. The Bertz CT molecular complexity index is 456. The molecule has 0 bridgehead atoms. The van der Waals surface area contributed by atoms with Gasteiger partial charge in [-0.1, -0.05) is 20.3 Å². The van der Waals surface area contributed by atoms with E-state index in [1.54, 1.807) is 7.11 Å². The summed E-state index contributed by atoms with van der Waals surface area (Å²) in [7, 11) is 1.59. The Morgan fingerprint density at radius 2 is 2.28 bits per heavy atom. The Hall–Kier alpha value is -1.23. The Morgan fingerprint density at radius 1 is 1.56 bits per heavy atom. The van der Waals surface area contributed by atoms with Crippen LogP contribution >= 0.6 is 11.3 Å². The van der Waals surface area contributed by atoms with Crippen LogP contribution in [0.1, 0.15) is 42.8 Å². The molecule has 1 aromatic heterocycles. The molecule has 2 rings (SSSR count). The molecule has 0 spiro atoms. The molecular formula is C13H20N2O2S. The molecule has 1 heterocycles. The first-order valence-corrected chi connectivity index (χ1v) is 7.19. The number of ketones is 1. The fraction of sp³-hybridized carbons (Fsp3) is 0.615. The molecular weight excluding hydrogens is 248 g/mol. The summed E-state index contributed by atoms with van der Waals surface area (Å²) < 4.78 is 5.32. The minimum atomic E-state index is 0.0756. The molecule has 0 amide bonds. The van der Waals surface area contributed by atoms with Crippen molar-refractivity contribution in [2.75, 3.05) is 18.2 Å². The van der Waals surface area contributed by atoms with Crippen molar-refractivity contribution in [2.24, 2.45) is 5.92 Å². The van der Waals surface area contributed by atoms with E-state index in [2.05, 4.69) is 12.2 Å². The highest BCUT2D eigenvalue weighted by molar-refractivity contribution is 7.19. The summed E-state index contributed by atoms with van der Waals surface area (Å²) in [5, 5.41) is 4.33. The largest absolute Gasteiger partial charge is 0.492 e. The maximum absolute atomic E-state index is 11.8. The molecule has 3 N–H and O–H groups in total. The van der Waals surface area contributed by atoms with E-state index in [0.717, 1.165) is 10.9 Å². The number of thiophene rings is 1. The average Bonchev–Trinajstić information content (AvgIpc) is 3.05. The summed E-state index contributed by atoms with van der Waals surface area (Å²) in [6, 6.07) is 0.506. The molecule has 1 saturated carbocycles. The molecule has 1 aromatic rings. The quantitative estimate of drug-likeness (QED) is 0.778. The minimum Gasteiger partial charge on any atom is -0.492 e. The van der Waals surface area contributed by atoms with E-state index in [0.29, 0.717) is 28.8 Å². The summed E-state index contributed by atoms with van der Waals surface area (Å²) >= 11 is 1.41. The van der Waals surface area contributed by atoms with Crippen LogP contribution in [0.3, 0.4) is 0 Å². The number of ether oxygens (including phenoxy) is 1. The van der Waals surface area contributed by atoms with Crippen molar-refractivity contribution in [3.8, 4) is 5.75 Å². The van der Waals surface area contributed by atoms with Gasteiger partial charge in [-0.25, -0.2) is 0 Å². The van der Waals surface area contributed by atoms with Crippen molar-refractivity contribution in [1.29, 1.82) is 0 Å². The van der Waals surface area contributed by atoms with E-state index in [1.165, 1.54) is 24.2 Å². The van der Waals surface area contributed by atoms with Gasteiger partial charge < -0.3 is 15.8 Å². The van der Waals surface area contributed by atoms with E-state index in [9.17, 15) is 4.79 Å². The zero-order chi connectivity index (χ0) is 13.3. The van der Waals surface area contributed by atoms with Crippen LogP contribution in [0.2, 0.25) is 0 Å². The summed E-state index contributed by atoms with van der Waals surface area (Å²) in [6.07, 6.45) is 2.84. The van der Waals surface area contributed by atoms with Crippen molar-refractivity contribution in [3.63, 3.8) is 0 Å². The van der Waals surface area contributed by atoms with Crippen LogP contribution < -0.4 is 15.8 Å². The van der Waals surface area contributed by atoms with Gasteiger partial charge in [-0.2, -0.15) is 0 Å². The molecule has 0 saturated heterocycles. The van der Waals surface area contributed by atoms with Crippen LogP contribution in [-0.2, 0) is 0 Å². The minimum absolute atomic E-state index is 0.0756. The first-order chi connectivity index (χ1) is 8.62. The molecule has 0 radical (unpaired) electrons. The molecule has 0 aromatic carbocycles. The van der Waals surface area contributed by atoms with Gasteiger partial charge in [0.05, 0.1) is 17.7 Å². The number of rotatable bonds is 6. The molecule has 0 aliphatic heterocycles. The molecule has 5 heteroatoms. The van der Waals surface area contributed by atoms with Gasteiger partial charge in [0.2, 0.25) is 0 Å². The smallest absolute Gasteiger partial charge is 0.176 e. The number of hydrogen-bond acceptors (Lipinski definition) is 5. The Kier molecular flexibility index (Phi) is 3.80. The SMILES string of the molecule is CCC(=O)c1sc(NC2CC2CC)c(OC)c1N. The third-order valence-electron chi connectivity index (χ3n) is 3.44. The first-order valence-electron chi connectivity index (χ1n) is 6.38. The lowest BCUT2D eigenvalue weighted by Gasteiger charge is -2.05. The normalized spacial score (nSPS) is 21.7. The number of hydrogen-bond donors (Lipinski definition) is 2. The number of methoxy groups -OCH3 is 1. The van der Waals surface area contributed by atoms with Crippen molar-refractivity contribution in [3.05, 3.63) is 4.88 Å². The van der Waals surface area contributed by atoms with Crippen LogP contribution in [0.4, 0.5) is 10.7 Å². The van der Waals surface area contributed by atoms with Crippen LogP contribution in [0.15, 0.2) is 0 Å². The standard InChI is InChI=1S/C13H20N2O2S/c1-4-7-6-8(7)15-13-11(17-3)10(14)12(18-13)9(16)5-2/h7-8,15H,4-6,14H2,1-3H3. The third kappa shape index (κ3) is 2.32. The topological polar surface area (TPSA) is 64.3 Å². The fourth-order valence-corrected chi connectivity index (χ4v) is 3.30. The van der Waals surface area contributed by atoms with Gasteiger partial charge in [0.25, 0.3) is 0 Å². The molecule has 1 fully saturated rings. The number of nitrogens with one attached hydrogen (secondary N) is 1. The second kappa shape index (κ2) is 5.18. The molecule has 100 valence electrons. The molecule has 18 heavy (non-hydrogen) atoms. The monoisotopic (exact) mass is 268 g/mol. The van der Waals surface area contributed by atoms with Crippen LogP contribution in [0, 0.1) is 5.92 Å². The van der Waals surface area contributed by atoms with E-state index in [1.807, 2.05) is 6.92 Å². The second-order valence-electron chi connectivity index (χ2n) is 4.64. The Balaban J connectivity index is 2.21. The zero-order valence-electron chi connectivity index (χ0n) is 11.1. The molecule has 4 nitrogen and oxygen atoms in total. The van der Waals surface area contributed by atoms with Crippen LogP contribution in [-0.4, -0.2) is 18.9 Å². The summed E-state index contributed by atoms with van der Waals surface area (Å²) in [6.45, 7) is 4.04. The second-order valence-corrected chi connectivity index (χ2v) is 5.66. The number of nitrogens with two attached hydrogens (primary N) is 1. The Labute approximate surface area is 112 Å². The number of anilines is 2. The zero-order valence-corrected chi connectivity index (χ0v) is 11.9. The fourth-order valence-electron chi connectivity index (χ4n) is 2.14. The predicted octanol–water partition coefficient (Wildman–Crippen LogP) is 3.14. The highest BCUT2D eigenvalue weighted by atomic mass is 32.1. The summed E-state index contributed by atoms with van der Waals surface area (Å²) in [5.74, 6) is 1.44. The number of carbonyl (C=O) groups excluding carboxylic acids is 1. The summed E-state index contributed by atoms with van der Waals surface area (Å²) in [4.78, 5) is 12.4. The van der Waals surface area contributed by atoms with Crippen molar-refractivity contribution < 1.29 is 9.53 Å². The van der Waals surface area contributed by atoms with E-state index < -0.39 is 0 Å². The number of Topliss-reactive ketones (excluding diaryl/α,β-unsaturated/α-hetero) is 1. The van der Waals surface area contributed by atoms with Crippen molar-refractivity contribution in [1.82, 2.24) is 0 Å². The lowest BCUT2D eigenvalue weighted by Crippen LogP contribution is -2.04. The highest BCUT2D eigenvalue weighted by Crippen LogP contribution is 2.46. The highest BCUT2D eigenvalue weighted by Gasteiger charge is 2.36. The Morgan fingerprint density at radius 3 is 2.78 bits per heavy atom. The average molecular weight is 268 g/mol.